The zero-order valence-corrected chi connectivity index (χ0v) is 16.0. The van der Waals surface area contributed by atoms with Crippen LogP contribution in [-0.4, -0.2) is 19.2 Å². The number of sulfone groups is 1. The predicted molar refractivity (Wildman–Crippen MR) is 99.1 cm³/mol. The van der Waals surface area contributed by atoms with Crippen LogP contribution in [0.5, 0.6) is 0 Å². The van der Waals surface area contributed by atoms with Gasteiger partial charge in [-0.25, -0.2) is 8.42 Å². The Labute approximate surface area is 159 Å². The summed E-state index contributed by atoms with van der Waals surface area (Å²) in [6.07, 6.45) is -3.38. The average Bonchev–Trinajstić information content (AvgIpc) is 2.95. The number of halogens is 4. The fourth-order valence-electron chi connectivity index (χ4n) is 2.82. The Hall–Kier alpha value is -2.25. The summed E-state index contributed by atoms with van der Waals surface area (Å²) in [4.78, 5) is 0.165. The van der Waals surface area contributed by atoms with E-state index in [0.29, 0.717) is 17.0 Å². The van der Waals surface area contributed by atoms with Crippen molar-refractivity contribution in [1.82, 2.24) is 4.57 Å². The van der Waals surface area contributed by atoms with Gasteiger partial charge in [-0.2, -0.15) is 13.2 Å². The standard InChI is InChI=1S/C19H15ClF3NO2S/c1-12-3-10-17(13-4-7-15(8-5-13)27(2,25)26)24(12)18-11-14(19(21,22)23)6-9-16(18)20/h3-11H,1-2H3. The highest BCUT2D eigenvalue weighted by Crippen LogP contribution is 2.36. The molecule has 0 aliphatic carbocycles. The molecule has 27 heavy (non-hydrogen) atoms. The molecule has 0 spiro atoms. The Morgan fingerprint density at radius 3 is 2.15 bits per heavy atom. The summed E-state index contributed by atoms with van der Waals surface area (Å²) < 4.78 is 64.2. The maximum atomic E-state index is 13.1. The summed E-state index contributed by atoms with van der Waals surface area (Å²) in [6, 6.07) is 12.8. The molecule has 142 valence electrons. The number of alkyl halides is 3. The summed E-state index contributed by atoms with van der Waals surface area (Å²) in [5.41, 5.74) is 1.36. The van der Waals surface area contributed by atoms with Crippen LogP contribution in [0.25, 0.3) is 16.9 Å². The van der Waals surface area contributed by atoms with E-state index in [-0.39, 0.29) is 15.6 Å². The molecule has 0 N–H and O–H groups in total. The monoisotopic (exact) mass is 413 g/mol. The van der Waals surface area contributed by atoms with Gasteiger partial charge in [-0.3, -0.25) is 0 Å². The van der Waals surface area contributed by atoms with Crippen molar-refractivity contribution >= 4 is 21.4 Å². The number of benzene rings is 2. The normalized spacial score (nSPS) is 12.4. The SMILES string of the molecule is Cc1ccc(-c2ccc(S(C)(=O)=O)cc2)n1-c1cc(C(F)(F)F)ccc1Cl. The second-order valence-corrected chi connectivity index (χ2v) is 8.58. The summed E-state index contributed by atoms with van der Waals surface area (Å²) in [5.74, 6) is 0. The van der Waals surface area contributed by atoms with Gasteiger partial charge in [-0.05, 0) is 55.0 Å². The molecule has 1 heterocycles. The van der Waals surface area contributed by atoms with Gasteiger partial charge in [-0.15, -0.1) is 0 Å². The number of aromatic nitrogens is 1. The maximum Gasteiger partial charge on any atom is 0.416 e. The molecule has 8 heteroatoms. The highest BCUT2D eigenvalue weighted by atomic mass is 35.5. The van der Waals surface area contributed by atoms with E-state index in [4.69, 9.17) is 11.6 Å². The largest absolute Gasteiger partial charge is 0.416 e. The lowest BCUT2D eigenvalue weighted by Crippen LogP contribution is -2.07. The van der Waals surface area contributed by atoms with Gasteiger partial charge in [0.2, 0.25) is 0 Å². The highest BCUT2D eigenvalue weighted by Gasteiger charge is 2.31. The molecule has 0 saturated carbocycles. The van der Waals surface area contributed by atoms with Gasteiger partial charge in [0, 0.05) is 11.9 Å². The van der Waals surface area contributed by atoms with E-state index >= 15 is 0 Å². The number of aryl methyl sites for hydroxylation is 1. The molecule has 0 fully saturated rings. The van der Waals surface area contributed by atoms with Crippen molar-refractivity contribution in [1.29, 1.82) is 0 Å². The first kappa shape index (κ1) is 19.5. The zero-order chi connectivity index (χ0) is 20.0. The molecule has 3 rings (SSSR count). The van der Waals surface area contributed by atoms with E-state index in [0.717, 1.165) is 18.4 Å². The van der Waals surface area contributed by atoms with Crippen LogP contribution in [0.15, 0.2) is 59.5 Å². The Morgan fingerprint density at radius 2 is 1.59 bits per heavy atom. The minimum Gasteiger partial charge on any atom is -0.312 e. The van der Waals surface area contributed by atoms with Gasteiger partial charge < -0.3 is 4.57 Å². The van der Waals surface area contributed by atoms with E-state index in [9.17, 15) is 21.6 Å². The smallest absolute Gasteiger partial charge is 0.312 e. The van der Waals surface area contributed by atoms with Crippen LogP contribution in [-0.2, 0) is 16.0 Å². The van der Waals surface area contributed by atoms with Crippen LogP contribution < -0.4 is 0 Å². The first-order valence-electron chi connectivity index (χ1n) is 7.84. The molecule has 0 bridgehead atoms. The molecule has 0 aliphatic heterocycles. The molecule has 0 saturated heterocycles. The molecule has 3 aromatic rings. The quantitative estimate of drug-likeness (QED) is 0.566. The van der Waals surface area contributed by atoms with E-state index in [2.05, 4.69) is 0 Å². The van der Waals surface area contributed by atoms with Crippen molar-refractivity contribution in [2.24, 2.45) is 0 Å². The lowest BCUT2D eigenvalue weighted by molar-refractivity contribution is -0.137. The molecule has 0 amide bonds. The summed E-state index contributed by atoms with van der Waals surface area (Å²) >= 11 is 6.19. The predicted octanol–water partition coefficient (Wildman–Crippen LogP) is 5.53. The maximum absolute atomic E-state index is 13.1. The number of hydrogen-bond donors (Lipinski definition) is 0. The Balaban J connectivity index is 2.17. The van der Waals surface area contributed by atoms with Crippen LogP contribution in [0.4, 0.5) is 13.2 Å². The first-order chi connectivity index (χ1) is 12.5. The highest BCUT2D eigenvalue weighted by molar-refractivity contribution is 7.90. The molecule has 0 aliphatic rings. The van der Waals surface area contributed by atoms with E-state index in [1.54, 1.807) is 35.8 Å². The third kappa shape index (κ3) is 3.89. The first-order valence-corrected chi connectivity index (χ1v) is 10.1. The van der Waals surface area contributed by atoms with Crippen molar-refractivity contribution in [2.45, 2.75) is 18.0 Å². The van der Waals surface area contributed by atoms with E-state index in [1.165, 1.54) is 18.2 Å². The van der Waals surface area contributed by atoms with Crippen LogP contribution in [0, 0.1) is 6.92 Å². The summed E-state index contributed by atoms with van der Waals surface area (Å²) in [7, 11) is -3.34. The van der Waals surface area contributed by atoms with E-state index in [1.807, 2.05) is 0 Å². The second kappa shape index (κ2) is 6.73. The van der Waals surface area contributed by atoms with Crippen molar-refractivity contribution in [3.05, 3.63) is 70.9 Å². The minimum absolute atomic E-state index is 0.165. The second-order valence-electron chi connectivity index (χ2n) is 6.16. The molecule has 0 radical (unpaired) electrons. The fraction of sp³-hybridized carbons (Fsp3) is 0.158. The number of hydrogen-bond acceptors (Lipinski definition) is 2. The van der Waals surface area contributed by atoms with Gasteiger partial charge in [0.05, 0.1) is 26.9 Å². The molecular formula is C19H15ClF3NO2S. The van der Waals surface area contributed by atoms with Crippen LogP contribution in [0.1, 0.15) is 11.3 Å². The van der Waals surface area contributed by atoms with Crippen molar-refractivity contribution < 1.29 is 21.6 Å². The van der Waals surface area contributed by atoms with E-state index < -0.39 is 21.6 Å². The van der Waals surface area contributed by atoms with Gasteiger partial charge >= 0.3 is 6.18 Å². The summed E-state index contributed by atoms with van der Waals surface area (Å²) in [5, 5.41) is 0.177. The average molecular weight is 414 g/mol. The molecule has 3 nitrogen and oxygen atoms in total. The third-order valence-corrected chi connectivity index (χ3v) is 5.62. The Bertz CT molecular complexity index is 1100. The van der Waals surface area contributed by atoms with Gasteiger partial charge in [0.15, 0.2) is 9.84 Å². The van der Waals surface area contributed by atoms with Crippen molar-refractivity contribution in [3.63, 3.8) is 0 Å². The number of rotatable bonds is 3. The lowest BCUT2D eigenvalue weighted by atomic mass is 10.1. The Kier molecular flexibility index (Phi) is 4.86. The van der Waals surface area contributed by atoms with Crippen LogP contribution in [0.3, 0.4) is 0 Å². The lowest BCUT2D eigenvalue weighted by Gasteiger charge is -2.16. The fourth-order valence-corrected chi connectivity index (χ4v) is 3.65. The summed E-state index contributed by atoms with van der Waals surface area (Å²) in [6.45, 7) is 1.75. The number of nitrogens with zero attached hydrogens (tertiary/aromatic N) is 1. The van der Waals surface area contributed by atoms with Crippen LogP contribution >= 0.6 is 11.6 Å². The topological polar surface area (TPSA) is 39.1 Å². The molecular weight excluding hydrogens is 399 g/mol. The van der Waals surface area contributed by atoms with Gasteiger partial charge in [-0.1, -0.05) is 23.7 Å². The van der Waals surface area contributed by atoms with Crippen molar-refractivity contribution in [3.8, 4) is 16.9 Å². The molecule has 0 unspecified atom stereocenters. The minimum atomic E-state index is -4.49. The third-order valence-electron chi connectivity index (χ3n) is 4.17. The van der Waals surface area contributed by atoms with Crippen molar-refractivity contribution in [2.75, 3.05) is 6.26 Å². The van der Waals surface area contributed by atoms with Gasteiger partial charge in [0.1, 0.15) is 0 Å². The Morgan fingerprint density at radius 1 is 0.963 bits per heavy atom. The van der Waals surface area contributed by atoms with Crippen LogP contribution in [0.2, 0.25) is 5.02 Å². The molecule has 1 aromatic heterocycles. The molecule has 0 atom stereocenters. The van der Waals surface area contributed by atoms with Gasteiger partial charge in [0.25, 0.3) is 0 Å². The molecule has 2 aromatic carbocycles. The zero-order valence-electron chi connectivity index (χ0n) is 14.4.